The Balaban J connectivity index is 1.90. The van der Waals surface area contributed by atoms with Crippen LogP contribution in [-0.4, -0.2) is 59.4 Å². The third-order valence-electron chi connectivity index (χ3n) is 5.02. The van der Waals surface area contributed by atoms with Gasteiger partial charge in [-0.25, -0.2) is 0 Å². The molecule has 3 rings (SSSR count). The normalized spacial score (nSPS) is 23.3. The summed E-state index contributed by atoms with van der Waals surface area (Å²) in [6.07, 6.45) is -4.57. The summed E-state index contributed by atoms with van der Waals surface area (Å²) in [6, 6.07) is 4.94. The largest absolute Gasteiger partial charge is 0.471 e. The molecule has 2 heterocycles. The highest BCUT2D eigenvalue weighted by atomic mass is 19.4. The predicted octanol–water partition coefficient (Wildman–Crippen LogP) is 1.55. The molecule has 2 aliphatic heterocycles. The first kappa shape index (κ1) is 19.2. The van der Waals surface area contributed by atoms with Crippen LogP contribution in [0.1, 0.15) is 30.0 Å². The second kappa shape index (κ2) is 7.21. The molecule has 0 radical (unpaired) electrons. The third kappa shape index (κ3) is 3.63. The summed E-state index contributed by atoms with van der Waals surface area (Å²) in [6.45, 7) is 2.07. The van der Waals surface area contributed by atoms with E-state index in [9.17, 15) is 27.6 Å². The van der Waals surface area contributed by atoms with Gasteiger partial charge in [-0.15, -0.1) is 0 Å². The molecule has 0 saturated carbocycles. The van der Waals surface area contributed by atoms with Gasteiger partial charge in [0.2, 0.25) is 11.8 Å². The minimum atomic E-state index is -5.03. The lowest BCUT2D eigenvalue weighted by Crippen LogP contribution is -2.57. The van der Waals surface area contributed by atoms with Crippen molar-refractivity contribution in [1.29, 1.82) is 0 Å². The summed E-state index contributed by atoms with van der Waals surface area (Å²) in [5, 5.41) is 2.70. The van der Waals surface area contributed by atoms with Crippen molar-refractivity contribution in [3.8, 4) is 0 Å². The van der Waals surface area contributed by atoms with Crippen LogP contribution < -0.4 is 5.32 Å². The zero-order valence-electron chi connectivity index (χ0n) is 14.8. The minimum Gasteiger partial charge on any atom is -0.352 e. The predicted molar refractivity (Wildman–Crippen MR) is 89.4 cm³/mol. The molecule has 2 aliphatic rings. The monoisotopic (exact) mass is 383 g/mol. The van der Waals surface area contributed by atoms with Crippen LogP contribution in [0.4, 0.5) is 13.2 Å². The first-order valence-electron chi connectivity index (χ1n) is 8.73. The molecule has 146 valence electrons. The molecule has 9 heteroatoms. The molecule has 0 spiro atoms. The van der Waals surface area contributed by atoms with Crippen LogP contribution in [0.3, 0.4) is 0 Å². The minimum absolute atomic E-state index is 0.121. The lowest BCUT2D eigenvalue weighted by atomic mass is 9.96. The van der Waals surface area contributed by atoms with Crippen molar-refractivity contribution >= 4 is 17.7 Å². The topological polar surface area (TPSA) is 69.7 Å². The van der Waals surface area contributed by atoms with Crippen LogP contribution >= 0.6 is 0 Å². The average molecular weight is 383 g/mol. The van der Waals surface area contributed by atoms with Gasteiger partial charge in [-0.1, -0.05) is 24.3 Å². The van der Waals surface area contributed by atoms with E-state index in [-0.39, 0.29) is 32.0 Å². The molecule has 2 saturated heterocycles. The Kier molecular flexibility index (Phi) is 5.12. The van der Waals surface area contributed by atoms with E-state index in [0.29, 0.717) is 16.9 Å². The summed E-state index contributed by atoms with van der Waals surface area (Å²) in [5.41, 5.74) is 1.42. The van der Waals surface area contributed by atoms with E-state index >= 15 is 0 Å². The van der Waals surface area contributed by atoms with E-state index in [0.717, 1.165) is 5.56 Å². The maximum Gasteiger partial charge on any atom is 0.471 e. The number of carbonyl (C=O) groups excluding carboxylic acids is 3. The van der Waals surface area contributed by atoms with E-state index < -0.39 is 30.1 Å². The number of hydrogen-bond donors (Lipinski definition) is 1. The van der Waals surface area contributed by atoms with E-state index in [1.807, 2.05) is 0 Å². The van der Waals surface area contributed by atoms with Gasteiger partial charge >= 0.3 is 12.1 Å². The number of hydrogen-bond acceptors (Lipinski definition) is 3. The Morgan fingerprint density at radius 2 is 1.85 bits per heavy atom. The number of piperazine rings is 1. The van der Waals surface area contributed by atoms with Gasteiger partial charge in [-0.05, 0) is 30.9 Å². The number of benzene rings is 1. The van der Waals surface area contributed by atoms with E-state index in [1.165, 1.54) is 4.90 Å². The zero-order valence-corrected chi connectivity index (χ0v) is 14.8. The first-order chi connectivity index (χ1) is 12.7. The molecule has 27 heavy (non-hydrogen) atoms. The number of likely N-dealkylation sites (tertiary alicyclic amines) is 1. The number of aryl methyl sites for hydroxylation is 1. The Labute approximate surface area is 154 Å². The van der Waals surface area contributed by atoms with E-state index in [2.05, 4.69) is 5.32 Å². The number of nitrogens with one attached hydrogen (secondary N) is 1. The molecule has 0 aliphatic carbocycles. The second-order valence-corrected chi connectivity index (χ2v) is 6.74. The molecule has 1 N–H and O–H groups in total. The van der Waals surface area contributed by atoms with Crippen molar-refractivity contribution in [2.75, 3.05) is 19.6 Å². The third-order valence-corrected chi connectivity index (χ3v) is 5.02. The molecule has 1 aromatic rings. The molecule has 2 fully saturated rings. The van der Waals surface area contributed by atoms with Crippen molar-refractivity contribution in [3.05, 3.63) is 35.4 Å². The van der Waals surface area contributed by atoms with Gasteiger partial charge in [0.1, 0.15) is 12.1 Å². The van der Waals surface area contributed by atoms with Crippen molar-refractivity contribution < 1.29 is 27.6 Å². The number of rotatable bonds is 2. The fraction of sp³-hybridized carbons (Fsp3) is 0.500. The summed E-state index contributed by atoms with van der Waals surface area (Å²) < 4.78 is 38.6. The summed E-state index contributed by atoms with van der Waals surface area (Å²) in [7, 11) is 0. The molecular formula is C18H20F3N3O3. The van der Waals surface area contributed by atoms with Gasteiger partial charge in [0.15, 0.2) is 0 Å². The highest BCUT2D eigenvalue weighted by Crippen LogP contribution is 2.31. The van der Waals surface area contributed by atoms with Crippen LogP contribution in [0.5, 0.6) is 0 Å². The molecule has 6 nitrogen and oxygen atoms in total. The Morgan fingerprint density at radius 1 is 1.15 bits per heavy atom. The Hall–Kier alpha value is -2.58. The standard InChI is InChI=1S/C18H20F3N3O3/c1-11-5-2-3-6-12(11)14-15(25)22-8-10-24(14)16(26)13-7-4-9-23(13)17(27)18(19,20)21/h2-3,5-6,13-14H,4,7-10H2,1H3,(H,22,25). The average Bonchev–Trinajstić information content (AvgIpc) is 3.09. The fourth-order valence-electron chi connectivity index (χ4n) is 3.73. The van der Waals surface area contributed by atoms with Gasteiger partial charge in [0.25, 0.3) is 0 Å². The highest BCUT2D eigenvalue weighted by molar-refractivity contribution is 5.94. The maximum absolute atomic E-state index is 13.1. The van der Waals surface area contributed by atoms with Crippen LogP contribution in [0.25, 0.3) is 0 Å². The highest BCUT2D eigenvalue weighted by Gasteiger charge is 2.49. The lowest BCUT2D eigenvalue weighted by Gasteiger charge is -2.38. The molecule has 2 unspecified atom stereocenters. The Bertz CT molecular complexity index is 766. The van der Waals surface area contributed by atoms with Crippen molar-refractivity contribution in [1.82, 2.24) is 15.1 Å². The van der Waals surface area contributed by atoms with Gasteiger partial charge in [-0.3, -0.25) is 14.4 Å². The molecular weight excluding hydrogens is 363 g/mol. The molecule has 2 atom stereocenters. The van der Waals surface area contributed by atoms with Crippen molar-refractivity contribution in [2.45, 2.75) is 38.0 Å². The second-order valence-electron chi connectivity index (χ2n) is 6.74. The zero-order chi connectivity index (χ0) is 19.8. The number of nitrogens with zero attached hydrogens (tertiary/aromatic N) is 2. The smallest absolute Gasteiger partial charge is 0.352 e. The van der Waals surface area contributed by atoms with Gasteiger partial charge in [0.05, 0.1) is 0 Å². The summed E-state index contributed by atoms with van der Waals surface area (Å²) >= 11 is 0. The van der Waals surface area contributed by atoms with E-state index in [4.69, 9.17) is 0 Å². The summed E-state index contributed by atoms with van der Waals surface area (Å²) in [4.78, 5) is 39.1. The van der Waals surface area contributed by atoms with Crippen LogP contribution in [0.2, 0.25) is 0 Å². The fourth-order valence-corrected chi connectivity index (χ4v) is 3.73. The summed E-state index contributed by atoms with van der Waals surface area (Å²) in [5.74, 6) is -3.00. The van der Waals surface area contributed by atoms with Gasteiger partial charge in [0, 0.05) is 19.6 Å². The lowest BCUT2D eigenvalue weighted by molar-refractivity contribution is -0.187. The number of carbonyl (C=O) groups is 3. The number of amides is 3. The van der Waals surface area contributed by atoms with Crippen LogP contribution in [0, 0.1) is 6.92 Å². The van der Waals surface area contributed by atoms with Gasteiger partial charge in [-0.2, -0.15) is 13.2 Å². The van der Waals surface area contributed by atoms with Gasteiger partial charge < -0.3 is 15.1 Å². The van der Waals surface area contributed by atoms with Crippen LogP contribution in [0.15, 0.2) is 24.3 Å². The molecule has 3 amide bonds. The SMILES string of the molecule is Cc1ccccc1C1C(=O)NCCN1C(=O)C1CCCN1C(=O)C(F)(F)F. The first-order valence-corrected chi connectivity index (χ1v) is 8.73. The van der Waals surface area contributed by atoms with E-state index in [1.54, 1.807) is 31.2 Å². The van der Waals surface area contributed by atoms with Crippen molar-refractivity contribution in [3.63, 3.8) is 0 Å². The molecule has 0 bridgehead atoms. The maximum atomic E-state index is 13.1. The number of halogens is 3. The quantitative estimate of drug-likeness (QED) is 0.843. The van der Waals surface area contributed by atoms with Crippen molar-refractivity contribution in [2.24, 2.45) is 0 Å². The Morgan fingerprint density at radius 3 is 2.52 bits per heavy atom. The van der Waals surface area contributed by atoms with Crippen LogP contribution in [-0.2, 0) is 14.4 Å². The number of alkyl halides is 3. The molecule has 1 aromatic carbocycles. The molecule has 0 aromatic heterocycles.